The van der Waals surface area contributed by atoms with Crippen LogP contribution in [-0.4, -0.2) is 15.2 Å². The fourth-order valence-electron chi connectivity index (χ4n) is 2.30. The molecule has 4 aromatic rings. The standard InChI is InChI=1S/C17H12FN3S2/c1-10-5-7-11(8-6-10)17-21-20-15(23-17)9-14-19-16-12(18)3-2-4-13(16)22-14/h2-8H,9H2,1H3. The maximum atomic E-state index is 13.7. The van der Waals surface area contributed by atoms with Gasteiger partial charge in [0, 0.05) is 5.56 Å². The molecule has 0 aliphatic heterocycles. The van der Waals surface area contributed by atoms with Crippen LogP contribution in [0, 0.1) is 12.7 Å². The summed E-state index contributed by atoms with van der Waals surface area (Å²) in [7, 11) is 0. The van der Waals surface area contributed by atoms with Gasteiger partial charge in [0.1, 0.15) is 26.4 Å². The zero-order chi connectivity index (χ0) is 15.8. The lowest BCUT2D eigenvalue weighted by molar-refractivity contribution is 0.637. The van der Waals surface area contributed by atoms with Gasteiger partial charge in [0.2, 0.25) is 0 Å². The van der Waals surface area contributed by atoms with E-state index in [1.807, 2.05) is 18.2 Å². The number of benzene rings is 2. The Morgan fingerprint density at radius 2 is 1.78 bits per heavy atom. The number of hydrogen-bond acceptors (Lipinski definition) is 5. The van der Waals surface area contributed by atoms with Gasteiger partial charge in [0.05, 0.1) is 11.1 Å². The molecule has 2 aromatic carbocycles. The second kappa shape index (κ2) is 5.79. The molecule has 114 valence electrons. The zero-order valence-electron chi connectivity index (χ0n) is 12.3. The van der Waals surface area contributed by atoms with Crippen LogP contribution in [0.3, 0.4) is 0 Å². The third-order valence-corrected chi connectivity index (χ3v) is 5.47. The van der Waals surface area contributed by atoms with Gasteiger partial charge in [-0.15, -0.1) is 21.5 Å². The average molecular weight is 341 g/mol. The number of thiazole rings is 1. The van der Waals surface area contributed by atoms with Gasteiger partial charge in [-0.2, -0.15) is 0 Å². The molecule has 0 saturated heterocycles. The predicted octanol–water partition coefficient (Wildman–Crippen LogP) is 4.85. The Morgan fingerprint density at radius 3 is 2.57 bits per heavy atom. The molecule has 0 fully saturated rings. The van der Waals surface area contributed by atoms with Gasteiger partial charge >= 0.3 is 0 Å². The van der Waals surface area contributed by atoms with Crippen LogP contribution in [0.5, 0.6) is 0 Å². The Morgan fingerprint density at radius 1 is 0.957 bits per heavy atom. The summed E-state index contributed by atoms with van der Waals surface area (Å²) in [6.45, 7) is 2.06. The molecule has 0 amide bonds. The van der Waals surface area contributed by atoms with Crippen molar-refractivity contribution < 1.29 is 4.39 Å². The van der Waals surface area contributed by atoms with E-state index in [2.05, 4.69) is 34.2 Å². The van der Waals surface area contributed by atoms with E-state index in [9.17, 15) is 4.39 Å². The van der Waals surface area contributed by atoms with E-state index in [0.29, 0.717) is 11.9 Å². The third kappa shape index (κ3) is 2.87. The van der Waals surface area contributed by atoms with Crippen molar-refractivity contribution in [3.8, 4) is 10.6 Å². The summed E-state index contributed by atoms with van der Waals surface area (Å²) < 4.78 is 14.6. The minimum atomic E-state index is -0.275. The predicted molar refractivity (Wildman–Crippen MR) is 92.5 cm³/mol. The monoisotopic (exact) mass is 341 g/mol. The molecule has 0 spiro atoms. The molecule has 4 rings (SSSR count). The summed E-state index contributed by atoms with van der Waals surface area (Å²) in [5.74, 6) is -0.275. The minimum Gasteiger partial charge on any atom is -0.238 e. The number of hydrogen-bond donors (Lipinski definition) is 0. The molecule has 3 nitrogen and oxygen atoms in total. The molecule has 0 N–H and O–H groups in total. The highest BCUT2D eigenvalue weighted by Crippen LogP contribution is 2.28. The van der Waals surface area contributed by atoms with Crippen LogP contribution in [0.25, 0.3) is 20.8 Å². The van der Waals surface area contributed by atoms with E-state index in [1.165, 1.54) is 23.0 Å². The Bertz CT molecular complexity index is 973. The molecule has 6 heteroatoms. The van der Waals surface area contributed by atoms with E-state index >= 15 is 0 Å². The van der Waals surface area contributed by atoms with Crippen LogP contribution in [0.2, 0.25) is 0 Å². The van der Waals surface area contributed by atoms with Gasteiger partial charge in [-0.05, 0) is 19.1 Å². The van der Waals surface area contributed by atoms with Gasteiger partial charge in [0.25, 0.3) is 0 Å². The van der Waals surface area contributed by atoms with Crippen molar-refractivity contribution in [1.82, 2.24) is 15.2 Å². The SMILES string of the molecule is Cc1ccc(-c2nnc(Cc3nc4c(F)cccc4s3)s2)cc1. The van der Waals surface area contributed by atoms with Crippen molar-refractivity contribution in [3.05, 3.63) is 63.9 Å². The number of aromatic nitrogens is 3. The quantitative estimate of drug-likeness (QED) is 0.534. The van der Waals surface area contributed by atoms with E-state index < -0.39 is 0 Å². The molecule has 2 heterocycles. The highest BCUT2D eigenvalue weighted by Gasteiger charge is 2.12. The molecule has 0 saturated carbocycles. The van der Waals surface area contributed by atoms with E-state index in [0.717, 1.165) is 25.3 Å². The third-order valence-electron chi connectivity index (χ3n) is 3.48. The summed E-state index contributed by atoms with van der Waals surface area (Å²) in [6, 6.07) is 13.3. The number of nitrogens with zero attached hydrogens (tertiary/aromatic N) is 3. The van der Waals surface area contributed by atoms with Crippen LogP contribution in [0.15, 0.2) is 42.5 Å². The highest BCUT2D eigenvalue weighted by molar-refractivity contribution is 7.19. The smallest absolute Gasteiger partial charge is 0.150 e. The Labute approximate surface area is 140 Å². The first-order valence-electron chi connectivity index (χ1n) is 7.12. The highest BCUT2D eigenvalue weighted by atomic mass is 32.1. The lowest BCUT2D eigenvalue weighted by atomic mass is 10.2. The van der Waals surface area contributed by atoms with Crippen LogP contribution < -0.4 is 0 Å². The first kappa shape index (κ1) is 14.4. The maximum absolute atomic E-state index is 13.7. The lowest BCUT2D eigenvalue weighted by Gasteiger charge is -1.95. The molecular weight excluding hydrogens is 329 g/mol. The number of fused-ring (bicyclic) bond motifs is 1. The molecule has 0 atom stereocenters. The van der Waals surface area contributed by atoms with Gasteiger partial charge in [-0.3, -0.25) is 0 Å². The molecule has 0 aliphatic rings. The molecule has 0 radical (unpaired) electrons. The van der Waals surface area contributed by atoms with Crippen molar-refractivity contribution in [1.29, 1.82) is 0 Å². The second-order valence-electron chi connectivity index (χ2n) is 5.24. The number of rotatable bonds is 3. The zero-order valence-corrected chi connectivity index (χ0v) is 13.9. The maximum Gasteiger partial charge on any atom is 0.150 e. The summed E-state index contributed by atoms with van der Waals surface area (Å²) in [5.41, 5.74) is 2.72. The van der Waals surface area contributed by atoms with Crippen molar-refractivity contribution in [2.45, 2.75) is 13.3 Å². The van der Waals surface area contributed by atoms with Crippen LogP contribution >= 0.6 is 22.7 Å². The molecule has 23 heavy (non-hydrogen) atoms. The second-order valence-corrected chi connectivity index (χ2v) is 7.42. The van der Waals surface area contributed by atoms with Gasteiger partial charge in [-0.25, -0.2) is 9.37 Å². The van der Waals surface area contributed by atoms with Gasteiger partial charge in [-0.1, -0.05) is 47.2 Å². The lowest BCUT2D eigenvalue weighted by Crippen LogP contribution is -1.86. The fraction of sp³-hybridized carbons (Fsp3) is 0.118. The van der Waals surface area contributed by atoms with Crippen LogP contribution in [-0.2, 0) is 6.42 Å². The van der Waals surface area contributed by atoms with Crippen molar-refractivity contribution >= 4 is 32.9 Å². The summed E-state index contributed by atoms with van der Waals surface area (Å²) in [5, 5.41) is 11.1. The van der Waals surface area contributed by atoms with Crippen molar-refractivity contribution in [3.63, 3.8) is 0 Å². The molecule has 0 aliphatic carbocycles. The molecule has 0 unspecified atom stereocenters. The van der Waals surface area contributed by atoms with Crippen LogP contribution in [0.1, 0.15) is 15.6 Å². The number of aryl methyl sites for hydroxylation is 1. The Hall–Kier alpha value is -2.18. The largest absolute Gasteiger partial charge is 0.238 e. The molecule has 0 bridgehead atoms. The summed E-state index contributed by atoms with van der Waals surface area (Å²) in [4.78, 5) is 4.38. The average Bonchev–Trinajstić information content (AvgIpc) is 3.16. The van der Waals surface area contributed by atoms with E-state index in [-0.39, 0.29) is 5.82 Å². The molecular formula is C17H12FN3S2. The van der Waals surface area contributed by atoms with Gasteiger partial charge in [0.15, 0.2) is 0 Å². The van der Waals surface area contributed by atoms with Crippen molar-refractivity contribution in [2.24, 2.45) is 0 Å². The Balaban J connectivity index is 1.61. The summed E-state index contributed by atoms with van der Waals surface area (Å²) >= 11 is 3.05. The molecule has 2 aromatic heterocycles. The number of halogens is 1. The normalized spacial score (nSPS) is 11.2. The van der Waals surface area contributed by atoms with E-state index in [1.54, 1.807) is 17.4 Å². The topological polar surface area (TPSA) is 38.7 Å². The van der Waals surface area contributed by atoms with Gasteiger partial charge < -0.3 is 0 Å². The number of para-hydroxylation sites is 1. The van der Waals surface area contributed by atoms with E-state index in [4.69, 9.17) is 0 Å². The van der Waals surface area contributed by atoms with Crippen molar-refractivity contribution in [2.75, 3.05) is 0 Å². The minimum absolute atomic E-state index is 0.275. The Kier molecular flexibility index (Phi) is 3.63. The fourth-order valence-corrected chi connectivity index (χ4v) is 4.23. The van der Waals surface area contributed by atoms with Crippen LogP contribution in [0.4, 0.5) is 4.39 Å². The summed E-state index contributed by atoms with van der Waals surface area (Å²) in [6.07, 6.45) is 0.586. The first-order chi connectivity index (χ1) is 11.2. The first-order valence-corrected chi connectivity index (χ1v) is 8.76.